The van der Waals surface area contributed by atoms with Gasteiger partial charge < -0.3 is 14.5 Å². The molecule has 0 amide bonds. The number of aromatic nitrogens is 7. The standard InChI is InChI=1S/C22H23FN8O3S/c1-12(19-25-10-14(23)11-26-19)13(2)35-30-22-29-28-20(15-6-5-7-17(27-15)34-4)31(22)18-16(33-3)8-9-24-21(18)32/h5-13H,1-4H3,(H,24,32)(H,29,30). The number of methoxy groups -OCH3 is 2. The molecule has 2 unspecified atom stereocenters. The minimum absolute atomic E-state index is 0.0556. The third kappa shape index (κ3) is 5.09. The van der Waals surface area contributed by atoms with Gasteiger partial charge in [-0.3, -0.25) is 14.1 Å². The number of hydrogen-bond donors (Lipinski definition) is 2. The van der Waals surface area contributed by atoms with Crippen molar-refractivity contribution in [1.82, 2.24) is 34.7 Å². The third-order valence-electron chi connectivity index (χ3n) is 5.25. The van der Waals surface area contributed by atoms with E-state index in [0.717, 1.165) is 12.4 Å². The molecule has 2 atom stereocenters. The van der Waals surface area contributed by atoms with Crippen LogP contribution in [-0.4, -0.2) is 54.2 Å². The Morgan fingerprint density at radius 1 is 1.11 bits per heavy atom. The van der Waals surface area contributed by atoms with Gasteiger partial charge in [-0.2, -0.15) is 0 Å². The average molecular weight is 499 g/mol. The summed E-state index contributed by atoms with van der Waals surface area (Å²) in [6.07, 6.45) is 3.77. The average Bonchev–Trinajstić information content (AvgIpc) is 3.30. The second-order valence-corrected chi connectivity index (χ2v) is 8.63. The molecule has 4 aromatic heterocycles. The molecule has 0 aliphatic heterocycles. The summed E-state index contributed by atoms with van der Waals surface area (Å²) in [6, 6.07) is 6.84. The van der Waals surface area contributed by atoms with Crippen LogP contribution in [0.4, 0.5) is 10.3 Å². The van der Waals surface area contributed by atoms with Gasteiger partial charge in [0.2, 0.25) is 11.8 Å². The summed E-state index contributed by atoms with van der Waals surface area (Å²) in [5.41, 5.74) is 0.231. The first-order valence-corrected chi connectivity index (χ1v) is 11.4. The number of aromatic amines is 1. The van der Waals surface area contributed by atoms with E-state index in [0.29, 0.717) is 29.0 Å². The van der Waals surface area contributed by atoms with Crippen LogP contribution in [-0.2, 0) is 0 Å². The molecular formula is C22H23FN8O3S. The molecule has 0 fully saturated rings. The van der Waals surface area contributed by atoms with E-state index in [-0.39, 0.29) is 22.8 Å². The molecule has 182 valence electrons. The smallest absolute Gasteiger partial charge is 0.276 e. The lowest BCUT2D eigenvalue weighted by Crippen LogP contribution is -2.19. The summed E-state index contributed by atoms with van der Waals surface area (Å²) in [5.74, 6) is 1.21. The Morgan fingerprint density at radius 3 is 2.60 bits per heavy atom. The second-order valence-electron chi connectivity index (χ2n) is 7.44. The number of rotatable bonds is 9. The van der Waals surface area contributed by atoms with E-state index in [9.17, 15) is 9.18 Å². The van der Waals surface area contributed by atoms with Gasteiger partial charge in [0.25, 0.3) is 5.56 Å². The van der Waals surface area contributed by atoms with Crippen molar-refractivity contribution in [2.75, 3.05) is 18.9 Å². The molecule has 11 nitrogen and oxygen atoms in total. The molecule has 0 radical (unpaired) electrons. The lowest BCUT2D eigenvalue weighted by Gasteiger charge is -2.19. The van der Waals surface area contributed by atoms with Crippen molar-refractivity contribution >= 4 is 17.9 Å². The van der Waals surface area contributed by atoms with E-state index in [1.165, 1.54) is 36.9 Å². The molecule has 0 aromatic carbocycles. The van der Waals surface area contributed by atoms with Crippen molar-refractivity contribution in [3.05, 3.63) is 64.9 Å². The number of nitrogens with zero attached hydrogens (tertiary/aromatic N) is 6. The van der Waals surface area contributed by atoms with Gasteiger partial charge in [0.05, 0.1) is 26.6 Å². The maximum absolute atomic E-state index is 13.2. The summed E-state index contributed by atoms with van der Waals surface area (Å²) >= 11 is 1.34. The monoisotopic (exact) mass is 498 g/mol. The van der Waals surface area contributed by atoms with Crippen LogP contribution in [0.5, 0.6) is 11.6 Å². The molecular weight excluding hydrogens is 475 g/mol. The Kier molecular flexibility index (Phi) is 7.25. The van der Waals surface area contributed by atoms with Crippen molar-refractivity contribution in [2.24, 2.45) is 0 Å². The van der Waals surface area contributed by atoms with Gasteiger partial charge in [0.1, 0.15) is 17.3 Å². The van der Waals surface area contributed by atoms with Crippen LogP contribution in [0.15, 0.2) is 47.7 Å². The number of anilines is 1. The zero-order valence-electron chi connectivity index (χ0n) is 19.4. The van der Waals surface area contributed by atoms with Gasteiger partial charge in [-0.25, -0.2) is 19.3 Å². The van der Waals surface area contributed by atoms with E-state index in [4.69, 9.17) is 9.47 Å². The Morgan fingerprint density at radius 2 is 1.89 bits per heavy atom. The minimum Gasteiger partial charge on any atom is -0.494 e. The quantitative estimate of drug-likeness (QED) is 0.331. The predicted octanol–water partition coefficient (Wildman–Crippen LogP) is 3.22. The van der Waals surface area contributed by atoms with E-state index in [1.807, 2.05) is 13.8 Å². The number of pyridine rings is 2. The first-order valence-electron chi connectivity index (χ1n) is 10.5. The predicted molar refractivity (Wildman–Crippen MR) is 129 cm³/mol. The molecule has 0 saturated heterocycles. The summed E-state index contributed by atoms with van der Waals surface area (Å²) in [6.45, 7) is 3.91. The van der Waals surface area contributed by atoms with Gasteiger partial charge in [-0.05, 0) is 24.1 Å². The molecule has 4 rings (SSSR count). The molecule has 0 bridgehead atoms. The zero-order chi connectivity index (χ0) is 24.9. The maximum atomic E-state index is 13.2. The highest BCUT2D eigenvalue weighted by Crippen LogP contribution is 2.32. The van der Waals surface area contributed by atoms with Crippen molar-refractivity contribution < 1.29 is 13.9 Å². The summed E-state index contributed by atoms with van der Waals surface area (Å²) in [7, 11) is 2.99. The minimum atomic E-state index is -0.492. The van der Waals surface area contributed by atoms with Gasteiger partial charge in [-0.1, -0.05) is 19.9 Å². The topological polar surface area (TPSA) is 133 Å². The second kappa shape index (κ2) is 10.5. The van der Waals surface area contributed by atoms with Crippen LogP contribution in [0.25, 0.3) is 17.2 Å². The van der Waals surface area contributed by atoms with Crippen LogP contribution in [0, 0.1) is 5.82 Å². The molecule has 2 N–H and O–H groups in total. The Bertz CT molecular complexity index is 1360. The fourth-order valence-corrected chi connectivity index (χ4v) is 3.97. The number of hydrogen-bond acceptors (Lipinski definition) is 10. The highest BCUT2D eigenvalue weighted by atomic mass is 32.2. The number of nitrogens with one attached hydrogen (secondary N) is 2. The molecule has 4 aromatic rings. The highest BCUT2D eigenvalue weighted by molar-refractivity contribution is 8.01. The molecule has 0 aliphatic rings. The Labute approximate surface area is 204 Å². The summed E-state index contributed by atoms with van der Waals surface area (Å²) in [5, 5.41) is 8.50. The van der Waals surface area contributed by atoms with Crippen molar-refractivity contribution in [1.29, 1.82) is 0 Å². The first kappa shape index (κ1) is 24.1. The van der Waals surface area contributed by atoms with Crippen LogP contribution < -0.4 is 19.8 Å². The third-order valence-corrected chi connectivity index (χ3v) is 6.33. The number of H-pyrrole nitrogens is 1. The summed E-state index contributed by atoms with van der Waals surface area (Å²) in [4.78, 5) is 28.1. The fourth-order valence-electron chi connectivity index (χ4n) is 3.22. The van der Waals surface area contributed by atoms with Gasteiger partial charge in [0, 0.05) is 23.4 Å². The molecule has 0 spiro atoms. The lowest BCUT2D eigenvalue weighted by atomic mass is 10.1. The van der Waals surface area contributed by atoms with E-state index < -0.39 is 11.4 Å². The van der Waals surface area contributed by atoms with E-state index >= 15 is 0 Å². The molecule has 0 aliphatic carbocycles. The highest BCUT2D eigenvalue weighted by Gasteiger charge is 2.24. The molecule has 0 saturated carbocycles. The SMILES string of the molecule is COc1cccc(-c2nnc(NSC(C)C(C)c3ncc(F)cn3)n2-c2c(OC)cc[nH]c2=O)n1. The fraction of sp³-hybridized carbons (Fsp3) is 0.273. The van der Waals surface area contributed by atoms with Crippen LogP contribution in [0.1, 0.15) is 25.6 Å². The van der Waals surface area contributed by atoms with Crippen LogP contribution in [0.2, 0.25) is 0 Å². The van der Waals surface area contributed by atoms with E-state index in [2.05, 4.69) is 34.9 Å². The number of halogens is 1. The zero-order valence-corrected chi connectivity index (χ0v) is 20.2. The Hall–Kier alpha value is -4.00. The van der Waals surface area contributed by atoms with Crippen LogP contribution in [0.3, 0.4) is 0 Å². The molecule has 4 heterocycles. The summed E-state index contributed by atoms with van der Waals surface area (Å²) < 4.78 is 28.6. The molecule has 13 heteroatoms. The normalized spacial score (nSPS) is 12.7. The van der Waals surface area contributed by atoms with Crippen molar-refractivity contribution in [3.8, 4) is 28.8 Å². The molecule has 35 heavy (non-hydrogen) atoms. The van der Waals surface area contributed by atoms with Crippen LogP contribution >= 0.6 is 11.9 Å². The Balaban J connectivity index is 1.72. The largest absolute Gasteiger partial charge is 0.494 e. The lowest BCUT2D eigenvalue weighted by molar-refractivity contribution is 0.398. The van der Waals surface area contributed by atoms with Gasteiger partial charge in [0.15, 0.2) is 17.3 Å². The first-order chi connectivity index (χ1) is 16.9. The van der Waals surface area contributed by atoms with Crippen molar-refractivity contribution in [3.63, 3.8) is 0 Å². The van der Waals surface area contributed by atoms with E-state index in [1.54, 1.807) is 24.3 Å². The van der Waals surface area contributed by atoms with Gasteiger partial charge >= 0.3 is 0 Å². The number of ether oxygens (including phenoxy) is 2. The van der Waals surface area contributed by atoms with Crippen molar-refractivity contribution in [2.45, 2.75) is 25.0 Å². The van der Waals surface area contributed by atoms with Gasteiger partial charge in [-0.15, -0.1) is 10.2 Å². The maximum Gasteiger partial charge on any atom is 0.276 e.